The summed E-state index contributed by atoms with van der Waals surface area (Å²) in [6.07, 6.45) is 3.05. The summed E-state index contributed by atoms with van der Waals surface area (Å²) in [5, 5.41) is 4.25. The van der Waals surface area contributed by atoms with Crippen molar-refractivity contribution in [3.05, 3.63) is 52.6 Å². The maximum atomic E-state index is 13.8. The first-order chi connectivity index (χ1) is 15.9. The molecule has 0 radical (unpaired) electrons. The van der Waals surface area contributed by atoms with E-state index in [1.54, 1.807) is 11.6 Å². The SMILES string of the molecule is COc1c(C)cc(C(=O)N2C3CCCC2[C@@H](c2cc(C(F)F)nc4ncnn24)CC3)cc1C. The van der Waals surface area contributed by atoms with Gasteiger partial charge in [0.15, 0.2) is 0 Å². The minimum absolute atomic E-state index is 0.0128. The standard InChI is InChI=1S/C24H27F2N5O2/c1-13-9-15(10-14(2)21(13)33-3)23(32)30-16-5-4-6-19(30)17(8-7-16)20-11-18(22(25)26)29-24-27-12-28-31(20)24/h9-12,16-17,19,22H,4-8H2,1-3H3/t16?,17-,19?/m0/s1. The first kappa shape index (κ1) is 21.7. The molecule has 5 rings (SSSR count). The molecule has 2 fully saturated rings. The van der Waals surface area contributed by atoms with Crippen molar-refractivity contribution in [3.8, 4) is 5.75 Å². The summed E-state index contributed by atoms with van der Waals surface area (Å²) >= 11 is 0. The van der Waals surface area contributed by atoms with Gasteiger partial charge in [0.2, 0.25) is 0 Å². The Morgan fingerprint density at radius 1 is 1.12 bits per heavy atom. The van der Waals surface area contributed by atoms with Crippen LogP contribution in [0, 0.1) is 13.8 Å². The van der Waals surface area contributed by atoms with E-state index in [-0.39, 0.29) is 35.4 Å². The van der Waals surface area contributed by atoms with Crippen molar-refractivity contribution in [2.24, 2.45) is 0 Å². The molecule has 3 atom stereocenters. The lowest BCUT2D eigenvalue weighted by molar-refractivity contribution is 0.0198. The molecule has 2 unspecified atom stereocenters. The molecule has 7 nitrogen and oxygen atoms in total. The Kier molecular flexibility index (Phi) is 5.50. The third-order valence-electron chi connectivity index (χ3n) is 7.11. The first-order valence-electron chi connectivity index (χ1n) is 11.4. The van der Waals surface area contributed by atoms with Crippen LogP contribution in [0.25, 0.3) is 5.78 Å². The van der Waals surface area contributed by atoms with Crippen LogP contribution in [-0.2, 0) is 0 Å². The van der Waals surface area contributed by atoms with E-state index in [0.29, 0.717) is 11.3 Å². The number of carbonyl (C=O) groups excluding carboxylic acids is 1. The van der Waals surface area contributed by atoms with Crippen molar-refractivity contribution >= 4 is 11.7 Å². The van der Waals surface area contributed by atoms with Gasteiger partial charge in [-0.25, -0.2) is 18.3 Å². The van der Waals surface area contributed by atoms with Crippen LogP contribution in [0.4, 0.5) is 8.78 Å². The average molecular weight is 456 g/mol. The molecule has 0 N–H and O–H groups in total. The highest BCUT2D eigenvalue weighted by atomic mass is 19.3. The number of halogens is 2. The van der Waals surface area contributed by atoms with E-state index < -0.39 is 6.43 Å². The molecular formula is C24H27F2N5O2. The fourth-order valence-electron chi connectivity index (χ4n) is 5.79. The summed E-state index contributed by atoms with van der Waals surface area (Å²) in [7, 11) is 1.63. The highest BCUT2D eigenvalue weighted by Crippen LogP contribution is 2.43. The van der Waals surface area contributed by atoms with Crippen molar-refractivity contribution < 1.29 is 18.3 Å². The number of carbonyl (C=O) groups is 1. The molecule has 2 aliphatic rings. The largest absolute Gasteiger partial charge is 0.496 e. The molecule has 1 aromatic carbocycles. The van der Waals surface area contributed by atoms with Crippen LogP contribution in [0.1, 0.15) is 77.3 Å². The van der Waals surface area contributed by atoms with E-state index in [2.05, 4.69) is 15.1 Å². The van der Waals surface area contributed by atoms with Gasteiger partial charge in [0.05, 0.1) is 12.8 Å². The third-order valence-corrected chi connectivity index (χ3v) is 7.11. The second-order valence-corrected chi connectivity index (χ2v) is 9.07. The van der Waals surface area contributed by atoms with Crippen LogP contribution in [0.5, 0.6) is 5.75 Å². The molecule has 2 aliphatic heterocycles. The number of fused-ring (bicyclic) bond motifs is 3. The Morgan fingerprint density at radius 3 is 2.58 bits per heavy atom. The zero-order valence-corrected chi connectivity index (χ0v) is 19.0. The topological polar surface area (TPSA) is 72.6 Å². The number of hydrogen-bond donors (Lipinski definition) is 0. The number of nitrogens with zero attached hydrogens (tertiary/aromatic N) is 5. The van der Waals surface area contributed by atoms with Crippen molar-refractivity contribution in [2.45, 2.75) is 70.4 Å². The Labute approximate surface area is 190 Å². The average Bonchev–Trinajstić information content (AvgIpc) is 3.26. The van der Waals surface area contributed by atoms with Gasteiger partial charge in [-0.3, -0.25) is 4.79 Å². The van der Waals surface area contributed by atoms with Gasteiger partial charge in [0, 0.05) is 23.6 Å². The second kappa shape index (κ2) is 8.35. The maximum absolute atomic E-state index is 13.8. The lowest BCUT2D eigenvalue weighted by Gasteiger charge is -2.50. The Morgan fingerprint density at radius 2 is 1.88 bits per heavy atom. The highest BCUT2D eigenvalue weighted by molar-refractivity contribution is 5.95. The zero-order valence-electron chi connectivity index (χ0n) is 19.0. The summed E-state index contributed by atoms with van der Waals surface area (Å²) in [5.41, 5.74) is 2.82. The van der Waals surface area contributed by atoms with Crippen LogP contribution >= 0.6 is 0 Å². The fraction of sp³-hybridized carbons (Fsp3) is 0.500. The molecule has 9 heteroatoms. The predicted octanol–water partition coefficient (Wildman–Crippen LogP) is 4.63. The normalized spacial score (nSPS) is 22.7. The van der Waals surface area contributed by atoms with Gasteiger partial charge in [-0.1, -0.05) is 0 Å². The van der Waals surface area contributed by atoms with Crippen LogP contribution in [-0.4, -0.2) is 49.6 Å². The lowest BCUT2D eigenvalue weighted by Crippen LogP contribution is -2.55. The number of piperidine rings is 2. The number of alkyl halides is 2. The molecule has 0 aliphatic carbocycles. The smallest absolute Gasteiger partial charge is 0.280 e. The molecule has 33 heavy (non-hydrogen) atoms. The van der Waals surface area contributed by atoms with E-state index in [4.69, 9.17) is 4.74 Å². The summed E-state index contributed by atoms with van der Waals surface area (Å²) in [6.45, 7) is 3.87. The lowest BCUT2D eigenvalue weighted by atomic mass is 9.75. The summed E-state index contributed by atoms with van der Waals surface area (Å²) < 4.78 is 34.2. The quantitative estimate of drug-likeness (QED) is 0.574. The van der Waals surface area contributed by atoms with E-state index >= 15 is 0 Å². The van der Waals surface area contributed by atoms with Gasteiger partial charge in [-0.05, 0) is 75.3 Å². The Bertz CT molecular complexity index is 1190. The molecule has 0 saturated carbocycles. The van der Waals surface area contributed by atoms with Crippen molar-refractivity contribution in [1.29, 1.82) is 0 Å². The molecule has 0 spiro atoms. The van der Waals surface area contributed by atoms with Gasteiger partial charge in [0.25, 0.3) is 18.1 Å². The molecular weight excluding hydrogens is 428 g/mol. The molecule has 2 aromatic heterocycles. The molecule has 174 valence electrons. The van der Waals surface area contributed by atoms with Crippen molar-refractivity contribution in [3.63, 3.8) is 0 Å². The molecule has 2 saturated heterocycles. The number of benzene rings is 1. The minimum Gasteiger partial charge on any atom is -0.496 e. The van der Waals surface area contributed by atoms with Crippen LogP contribution in [0.15, 0.2) is 24.5 Å². The van der Waals surface area contributed by atoms with E-state index in [1.165, 1.54) is 12.4 Å². The summed E-state index contributed by atoms with van der Waals surface area (Å²) in [6, 6.07) is 5.26. The number of rotatable bonds is 4. The van der Waals surface area contributed by atoms with Crippen molar-refractivity contribution in [2.75, 3.05) is 7.11 Å². The highest BCUT2D eigenvalue weighted by Gasteiger charge is 2.44. The van der Waals surface area contributed by atoms with Gasteiger partial charge < -0.3 is 9.64 Å². The van der Waals surface area contributed by atoms with Crippen molar-refractivity contribution in [1.82, 2.24) is 24.5 Å². The van der Waals surface area contributed by atoms with Gasteiger partial charge in [-0.2, -0.15) is 10.1 Å². The number of aromatic nitrogens is 4. The van der Waals surface area contributed by atoms with E-state index in [0.717, 1.165) is 49.0 Å². The first-order valence-corrected chi connectivity index (χ1v) is 11.4. The van der Waals surface area contributed by atoms with Crippen LogP contribution < -0.4 is 4.74 Å². The minimum atomic E-state index is -2.70. The van der Waals surface area contributed by atoms with E-state index in [1.807, 2.05) is 30.9 Å². The number of ether oxygens (including phenoxy) is 1. The third kappa shape index (κ3) is 3.63. The number of hydrogen-bond acceptors (Lipinski definition) is 5. The second-order valence-electron chi connectivity index (χ2n) is 9.07. The fourth-order valence-corrected chi connectivity index (χ4v) is 5.79. The van der Waals surface area contributed by atoms with Crippen LogP contribution in [0.3, 0.4) is 0 Å². The summed E-state index contributed by atoms with van der Waals surface area (Å²) in [4.78, 5) is 23.8. The molecule has 4 heterocycles. The van der Waals surface area contributed by atoms with Gasteiger partial charge in [-0.15, -0.1) is 0 Å². The Hall–Kier alpha value is -3.10. The maximum Gasteiger partial charge on any atom is 0.280 e. The monoisotopic (exact) mass is 455 g/mol. The number of methoxy groups -OCH3 is 1. The van der Waals surface area contributed by atoms with Gasteiger partial charge >= 0.3 is 0 Å². The Balaban J connectivity index is 1.56. The van der Waals surface area contributed by atoms with Gasteiger partial charge in [0.1, 0.15) is 17.8 Å². The molecule has 2 bridgehead atoms. The summed E-state index contributed by atoms with van der Waals surface area (Å²) in [5.74, 6) is 0.824. The van der Waals surface area contributed by atoms with Crippen LogP contribution in [0.2, 0.25) is 0 Å². The number of aryl methyl sites for hydroxylation is 2. The van der Waals surface area contributed by atoms with E-state index in [9.17, 15) is 13.6 Å². The number of amides is 1. The zero-order chi connectivity index (χ0) is 23.3. The molecule has 1 amide bonds. The molecule has 3 aromatic rings. The predicted molar refractivity (Wildman–Crippen MR) is 118 cm³/mol.